The highest BCUT2D eigenvalue weighted by Crippen LogP contribution is 2.25. The van der Waals surface area contributed by atoms with Gasteiger partial charge in [-0.15, -0.1) is 11.3 Å². The van der Waals surface area contributed by atoms with Crippen LogP contribution in [0.3, 0.4) is 0 Å². The Kier molecular flexibility index (Phi) is 6.23. The quantitative estimate of drug-likeness (QED) is 0.534. The molecule has 0 unspecified atom stereocenters. The van der Waals surface area contributed by atoms with E-state index < -0.39 is 0 Å². The van der Waals surface area contributed by atoms with E-state index >= 15 is 0 Å². The SMILES string of the molecule is Cc1ccc(C(=O)NCCCN)cc1NC(=O)c1cc(-c2cccs2)n(C)n1. The highest BCUT2D eigenvalue weighted by molar-refractivity contribution is 7.13. The molecule has 1 aromatic carbocycles. The third kappa shape index (κ3) is 4.47. The van der Waals surface area contributed by atoms with E-state index in [9.17, 15) is 9.59 Å². The van der Waals surface area contributed by atoms with Crippen molar-refractivity contribution in [3.63, 3.8) is 0 Å². The van der Waals surface area contributed by atoms with Gasteiger partial charge in [0.15, 0.2) is 5.69 Å². The molecule has 0 saturated heterocycles. The van der Waals surface area contributed by atoms with E-state index in [1.165, 1.54) is 0 Å². The summed E-state index contributed by atoms with van der Waals surface area (Å²) in [4.78, 5) is 26.0. The number of aromatic nitrogens is 2. The minimum Gasteiger partial charge on any atom is -0.352 e. The fourth-order valence-electron chi connectivity index (χ4n) is 2.72. The number of rotatable bonds is 7. The molecule has 0 bridgehead atoms. The molecular formula is C20H23N5O2S. The Hall–Kier alpha value is -2.97. The molecule has 0 aliphatic heterocycles. The molecule has 0 saturated carbocycles. The minimum absolute atomic E-state index is 0.193. The molecule has 8 heteroatoms. The lowest BCUT2D eigenvalue weighted by molar-refractivity contribution is 0.0952. The minimum atomic E-state index is -0.317. The molecule has 0 aliphatic carbocycles. The molecule has 2 aromatic heterocycles. The standard InChI is InChI=1S/C20H23N5O2S/c1-13-6-7-14(19(26)22-9-4-8-21)11-15(13)23-20(27)16-12-17(25(2)24-16)18-5-3-10-28-18/h3,5-7,10-12H,4,8-9,21H2,1-2H3,(H,22,26)(H,23,27). The number of carbonyl (C=O) groups excluding carboxylic acids is 2. The number of hydrogen-bond acceptors (Lipinski definition) is 5. The van der Waals surface area contributed by atoms with Gasteiger partial charge in [0, 0.05) is 24.8 Å². The number of carbonyl (C=O) groups is 2. The fourth-order valence-corrected chi connectivity index (χ4v) is 3.50. The largest absolute Gasteiger partial charge is 0.352 e. The zero-order chi connectivity index (χ0) is 20.1. The molecule has 7 nitrogen and oxygen atoms in total. The smallest absolute Gasteiger partial charge is 0.276 e. The first-order valence-electron chi connectivity index (χ1n) is 8.98. The van der Waals surface area contributed by atoms with Crippen molar-refractivity contribution in [2.75, 3.05) is 18.4 Å². The number of nitrogens with two attached hydrogens (primary N) is 1. The van der Waals surface area contributed by atoms with Gasteiger partial charge in [0.1, 0.15) is 0 Å². The summed E-state index contributed by atoms with van der Waals surface area (Å²) in [7, 11) is 1.81. The summed E-state index contributed by atoms with van der Waals surface area (Å²) < 4.78 is 1.69. The maximum Gasteiger partial charge on any atom is 0.276 e. The van der Waals surface area contributed by atoms with Crippen LogP contribution >= 0.6 is 11.3 Å². The van der Waals surface area contributed by atoms with Crippen LogP contribution in [-0.2, 0) is 7.05 Å². The second-order valence-corrected chi connectivity index (χ2v) is 7.35. The number of anilines is 1. The summed E-state index contributed by atoms with van der Waals surface area (Å²) in [5.41, 5.74) is 8.58. The summed E-state index contributed by atoms with van der Waals surface area (Å²) in [6, 6.07) is 10.9. The molecule has 146 valence electrons. The number of aryl methyl sites for hydroxylation is 2. The second kappa shape index (κ2) is 8.81. The van der Waals surface area contributed by atoms with Gasteiger partial charge in [-0.1, -0.05) is 12.1 Å². The van der Waals surface area contributed by atoms with Crippen LogP contribution in [0.15, 0.2) is 41.8 Å². The molecule has 0 spiro atoms. The lowest BCUT2D eigenvalue weighted by Crippen LogP contribution is -2.26. The Balaban J connectivity index is 1.76. The zero-order valence-electron chi connectivity index (χ0n) is 15.9. The lowest BCUT2D eigenvalue weighted by Gasteiger charge is -2.10. The topological polar surface area (TPSA) is 102 Å². The van der Waals surface area contributed by atoms with E-state index in [-0.39, 0.29) is 11.8 Å². The molecule has 3 rings (SSSR count). The van der Waals surface area contributed by atoms with E-state index in [0.29, 0.717) is 36.5 Å². The average Bonchev–Trinajstić information content (AvgIpc) is 3.33. The molecule has 0 aliphatic rings. The van der Waals surface area contributed by atoms with Gasteiger partial charge in [-0.05, 0) is 55.1 Å². The summed E-state index contributed by atoms with van der Waals surface area (Å²) in [5, 5.41) is 12.0. The monoisotopic (exact) mass is 397 g/mol. The highest BCUT2D eigenvalue weighted by Gasteiger charge is 2.16. The van der Waals surface area contributed by atoms with E-state index in [1.54, 1.807) is 34.2 Å². The zero-order valence-corrected chi connectivity index (χ0v) is 16.7. The predicted octanol–water partition coefficient (Wildman–Crippen LogP) is 2.79. The average molecular weight is 398 g/mol. The highest BCUT2D eigenvalue weighted by atomic mass is 32.1. The van der Waals surface area contributed by atoms with Gasteiger partial charge in [-0.3, -0.25) is 14.3 Å². The van der Waals surface area contributed by atoms with Gasteiger partial charge >= 0.3 is 0 Å². The number of benzene rings is 1. The van der Waals surface area contributed by atoms with Crippen molar-refractivity contribution in [3.05, 3.63) is 58.6 Å². The van der Waals surface area contributed by atoms with Crippen molar-refractivity contribution >= 4 is 28.8 Å². The summed E-state index contributed by atoms with van der Waals surface area (Å²) in [6.07, 6.45) is 0.716. The number of amides is 2. The van der Waals surface area contributed by atoms with Crippen molar-refractivity contribution in [2.45, 2.75) is 13.3 Å². The van der Waals surface area contributed by atoms with Crippen LogP contribution in [0.2, 0.25) is 0 Å². The lowest BCUT2D eigenvalue weighted by atomic mass is 10.1. The molecule has 28 heavy (non-hydrogen) atoms. The molecule has 3 aromatic rings. The third-order valence-corrected chi connectivity index (χ3v) is 5.19. The number of thiophene rings is 1. The Bertz CT molecular complexity index is 979. The summed E-state index contributed by atoms with van der Waals surface area (Å²) in [5.74, 6) is -0.510. The predicted molar refractivity (Wildman–Crippen MR) is 112 cm³/mol. The fraction of sp³-hybridized carbons (Fsp3) is 0.250. The van der Waals surface area contributed by atoms with Gasteiger partial charge in [0.05, 0.1) is 10.6 Å². The van der Waals surface area contributed by atoms with Gasteiger partial charge in [-0.2, -0.15) is 5.10 Å². The van der Waals surface area contributed by atoms with Crippen molar-refractivity contribution < 1.29 is 9.59 Å². The Morgan fingerprint density at radius 2 is 2.04 bits per heavy atom. The molecule has 2 heterocycles. The van der Waals surface area contributed by atoms with Gasteiger partial charge in [0.25, 0.3) is 11.8 Å². The first-order valence-corrected chi connectivity index (χ1v) is 9.85. The first kappa shape index (κ1) is 19.8. The van der Waals surface area contributed by atoms with Gasteiger partial charge in [-0.25, -0.2) is 0 Å². The second-order valence-electron chi connectivity index (χ2n) is 6.40. The Morgan fingerprint density at radius 1 is 1.21 bits per heavy atom. The van der Waals surface area contributed by atoms with Gasteiger partial charge in [0.2, 0.25) is 0 Å². The van der Waals surface area contributed by atoms with E-state index in [2.05, 4.69) is 15.7 Å². The van der Waals surface area contributed by atoms with Crippen LogP contribution in [0.4, 0.5) is 5.69 Å². The van der Waals surface area contributed by atoms with Gasteiger partial charge < -0.3 is 16.4 Å². The van der Waals surface area contributed by atoms with Crippen LogP contribution in [-0.4, -0.2) is 34.7 Å². The van der Waals surface area contributed by atoms with Crippen molar-refractivity contribution in [2.24, 2.45) is 12.8 Å². The summed E-state index contributed by atoms with van der Waals surface area (Å²) in [6.45, 7) is 2.92. The first-order chi connectivity index (χ1) is 13.5. The van der Waals surface area contributed by atoms with Crippen LogP contribution in [0.5, 0.6) is 0 Å². The number of nitrogens with zero attached hydrogens (tertiary/aromatic N) is 2. The van der Waals surface area contributed by atoms with Crippen molar-refractivity contribution in [1.82, 2.24) is 15.1 Å². The van der Waals surface area contributed by atoms with Crippen LogP contribution in [0, 0.1) is 6.92 Å². The molecule has 0 atom stereocenters. The molecule has 0 radical (unpaired) electrons. The van der Waals surface area contributed by atoms with Crippen LogP contribution in [0.25, 0.3) is 10.6 Å². The maximum absolute atomic E-state index is 12.7. The number of hydrogen-bond donors (Lipinski definition) is 3. The van der Waals surface area contributed by atoms with E-state index in [1.807, 2.05) is 37.6 Å². The molecular weight excluding hydrogens is 374 g/mol. The molecule has 0 fully saturated rings. The molecule has 2 amide bonds. The number of nitrogens with one attached hydrogen (secondary N) is 2. The van der Waals surface area contributed by atoms with Crippen LogP contribution < -0.4 is 16.4 Å². The van der Waals surface area contributed by atoms with Crippen LogP contribution in [0.1, 0.15) is 32.8 Å². The van der Waals surface area contributed by atoms with E-state index in [0.717, 1.165) is 16.1 Å². The summed E-state index contributed by atoms with van der Waals surface area (Å²) >= 11 is 1.59. The molecule has 4 N–H and O–H groups in total. The maximum atomic E-state index is 12.7. The van der Waals surface area contributed by atoms with E-state index in [4.69, 9.17) is 5.73 Å². The van der Waals surface area contributed by atoms with Crippen molar-refractivity contribution in [1.29, 1.82) is 0 Å². The third-order valence-electron chi connectivity index (χ3n) is 4.30. The Morgan fingerprint density at radius 3 is 2.75 bits per heavy atom. The Labute approximate surface area is 167 Å². The van der Waals surface area contributed by atoms with Crippen molar-refractivity contribution in [3.8, 4) is 10.6 Å². The normalized spacial score (nSPS) is 10.7.